The second kappa shape index (κ2) is 8.01. The molecule has 0 N–H and O–H groups in total. The molecule has 6 aliphatic rings. The van der Waals surface area contributed by atoms with Crippen molar-refractivity contribution in [2.75, 3.05) is 0 Å². The molecule has 0 amide bonds. The molecule has 0 spiro atoms. The Kier molecular flexibility index (Phi) is 5.40. The van der Waals surface area contributed by atoms with Crippen LogP contribution in [0.1, 0.15) is 116 Å². The normalized spacial score (nSPS) is 43.4. The van der Waals surface area contributed by atoms with E-state index >= 15 is 0 Å². The molecule has 0 atom stereocenters. The molecule has 0 unspecified atom stereocenters. The van der Waals surface area contributed by atoms with Crippen molar-refractivity contribution in [2.45, 2.75) is 150 Å². The van der Waals surface area contributed by atoms with Crippen LogP contribution in [0.5, 0.6) is 0 Å². The fourth-order valence-corrected chi connectivity index (χ4v) is 9.98. The van der Waals surface area contributed by atoms with Crippen molar-refractivity contribution in [3.63, 3.8) is 0 Å². The van der Waals surface area contributed by atoms with Gasteiger partial charge >= 0.3 is 0 Å². The smallest absolute Gasteiger partial charge is 0.207 e. The van der Waals surface area contributed by atoms with Crippen molar-refractivity contribution >= 4 is 20.5 Å². The first kappa shape index (κ1) is 18.9. The van der Waals surface area contributed by atoms with Crippen molar-refractivity contribution in [3.05, 3.63) is 0 Å². The summed E-state index contributed by atoms with van der Waals surface area (Å²) in [5, 5.41) is 0. The van der Waals surface area contributed by atoms with Gasteiger partial charge in [-0.3, -0.25) is 0 Å². The summed E-state index contributed by atoms with van der Waals surface area (Å²) < 4.78 is 3.44. The Morgan fingerprint density at radius 3 is 0.679 bits per heavy atom. The van der Waals surface area contributed by atoms with Gasteiger partial charge in [0.25, 0.3) is 0 Å². The van der Waals surface area contributed by atoms with Gasteiger partial charge in [0, 0.05) is 0 Å². The van der Waals surface area contributed by atoms with E-state index in [2.05, 4.69) is 4.63 Å². The van der Waals surface area contributed by atoms with Crippen molar-refractivity contribution in [2.24, 2.45) is 0 Å². The molecule has 6 saturated heterocycles. The molecule has 0 saturated carbocycles. The highest BCUT2D eigenvalue weighted by Crippen LogP contribution is 2.57. The Hall–Kier alpha value is 0.155. The zero-order valence-electron chi connectivity index (χ0n) is 18.4. The first-order chi connectivity index (χ1) is 13.9. The summed E-state index contributed by atoms with van der Waals surface area (Å²) in [6, 6.07) is 0. The number of hydrogen-bond acceptors (Lipinski definition) is 1. The van der Waals surface area contributed by atoms with Gasteiger partial charge in [-0.25, -0.2) is 0 Å². The summed E-state index contributed by atoms with van der Waals surface area (Å²) in [7, 11) is 0. The molecule has 6 rings (SSSR count). The van der Waals surface area contributed by atoms with Crippen LogP contribution in [0.3, 0.4) is 0 Å². The van der Waals surface area contributed by atoms with Crippen molar-refractivity contribution in [1.29, 1.82) is 0 Å². The van der Waals surface area contributed by atoms with Crippen LogP contribution in [-0.4, -0.2) is 25.2 Å². The fraction of sp³-hybridized carbons (Fsp3) is 1.00. The SMILES string of the molecule is C1CC2CCCC(C1)B2N(B1C2CCCC1CCC2)B1C2CCCC1CCC2. The number of hydrogen-bond donors (Lipinski definition) is 0. The summed E-state index contributed by atoms with van der Waals surface area (Å²) in [5.41, 5.74) is 0. The number of fused-ring (bicyclic) bond motifs is 6. The third-order valence-corrected chi connectivity index (χ3v) is 10.8. The van der Waals surface area contributed by atoms with Gasteiger partial charge in [-0.1, -0.05) is 116 Å². The highest BCUT2D eigenvalue weighted by atomic mass is 15.0. The Labute approximate surface area is 175 Å². The molecule has 0 radical (unpaired) electrons. The Bertz CT molecular complexity index is 414. The first-order valence-electron chi connectivity index (χ1n) is 13.7. The molecule has 0 aliphatic carbocycles. The average Bonchev–Trinajstić information content (AvgIpc) is 2.68. The van der Waals surface area contributed by atoms with E-state index in [1.54, 1.807) is 116 Å². The van der Waals surface area contributed by atoms with E-state index in [4.69, 9.17) is 0 Å². The highest BCUT2D eigenvalue weighted by molar-refractivity contribution is 6.90. The topological polar surface area (TPSA) is 3.24 Å². The summed E-state index contributed by atoms with van der Waals surface area (Å²) >= 11 is 0. The van der Waals surface area contributed by atoms with E-state index in [0.717, 1.165) is 55.4 Å². The van der Waals surface area contributed by atoms with Gasteiger partial charge < -0.3 is 4.63 Å². The quantitative estimate of drug-likeness (QED) is 0.458. The third-order valence-electron chi connectivity index (χ3n) is 10.8. The Balaban J connectivity index is 1.40. The second-order valence-electron chi connectivity index (χ2n) is 12.1. The van der Waals surface area contributed by atoms with Crippen LogP contribution in [0.15, 0.2) is 0 Å². The van der Waals surface area contributed by atoms with Crippen LogP contribution >= 0.6 is 0 Å². The maximum Gasteiger partial charge on any atom is 0.207 e. The zero-order valence-corrected chi connectivity index (χ0v) is 18.4. The van der Waals surface area contributed by atoms with Crippen LogP contribution in [0, 0.1) is 0 Å². The lowest BCUT2D eigenvalue weighted by atomic mass is 9.16. The highest BCUT2D eigenvalue weighted by Gasteiger charge is 2.57. The molecule has 6 aliphatic heterocycles. The minimum Gasteiger partial charge on any atom is -0.425 e. The predicted molar refractivity (Wildman–Crippen MR) is 125 cm³/mol. The number of rotatable bonds is 3. The van der Waals surface area contributed by atoms with Crippen LogP contribution in [0.25, 0.3) is 0 Å². The van der Waals surface area contributed by atoms with E-state index in [0.29, 0.717) is 0 Å². The molecular formula is C24H42B3N. The number of nitrogens with zero attached hydrogens (tertiary/aromatic N) is 1. The van der Waals surface area contributed by atoms with E-state index in [1.807, 2.05) is 0 Å². The minimum absolute atomic E-state index is 1.000. The molecule has 4 heteroatoms. The van der Waals surface area contributed by atoms with E-state index in [1.165, 1.54) is 0 Å². The van der Waals surface area contributed by atoms with Gasteiger partial charge in [0.2, 0.25) is 20.5 Å². The van der Waals surface area contributed by atoms with Crippen molar-refractivity contribution in [1.82, 2.24) is 4.63 Å². The molecule has 6 bridgehead atoms. The molecule has 28 heavy (non-hydrogen) atoms. The van der Waals surface area contributed by atoms with Gasteiger partial charge in [0.15, 0.2) is 0 Å². The van der Waals surface area contributed by atoms with Gasteiger partial charge in [0.05, 0.1) is 0 Å². The average molecular weight is 377 g/mol. The van der Waals surface area contributed by atoms with Crippen LogP contribution in [0.4, 0.5) is 0 Å². The van der Waals surface area contributed by atoms with Gasteiger partial charge in [-0.05, 0) is 34.9 Å². The molecule has 1 nitrogen and oxygen atoms in total. The zero-order chi connectivity index (χ0) is 18.5. The van der Waals surface area contributed by atoms with E-state index < -0.39 is 0 Å². The maximum absolute atomic E-state index is 3.44. The lowest BCUT2D eigenvalue weighted by Gasteiger charge is -2.59. The van der Waals surface area contributed by atoms with E-state index in [9.17, 15) is 0 Å². The van der Waals surface area contributed by atoms with E-state index in [-0.39, 0.29) is 0 Å². The summed E-state index contributed by atoms with van der Waals surface area (Å²) in [4.78, 5) is 0. The maximum atomic E-state index is 3.44. The minimum atomic E-state index is 1.000. The Morgan fingerprint density at radius 2 is 0.500 bits per heavy atom. The standard InChI is InChI=1S/C24H42B3N/c1-7-19-9-2-10-20(8-1)25(19)28(26-21-11-3-12-22(26)14-4-13-21)27-23-15-5-16-24(27)18-6-17-23/h19-24H,1-18H2. The van der Waals surface area contributed by atoms with Crippen molar-refractivity contribution in [3.8, 4) is 0 Å². The fourth-order valence-electron chi connectivity index (χ4n) is 9.98. The van der Waals surface area contributed by atoms with Crippen LogP contribution in [-0.2, 0) is 0 Å². The van der Waals surface area contributed by atoms with Crippen LogP contribution < -0.4 is 0 Å². The lowest BCUT2D eigenvalue weighted by Crippen LogP contribution is -2.68. The second-order valence-corrected chi connectivity index (χ2v) is 12.1. The molecule has 6 heterocycles. The summed E-state index contributed by atoms with van der Waals surface area (Å²) in [6.45, 7) is 3.00. The monoisotopic (exact) mass is 377 g/mol. The van der Waals surface area contributed by atoms with Crippen LogP contribution in [0.2, 0.25) is 34.9 Å². The molecule has 0 aromatic carbocycles. The summed E-state index contributed by atoms with van der Waals surface area (Å²) in [5.74, 6) is 6.40. The third kappa shape index (κ3) is 3.18. The summed E-state index contributed by atoms with van der Waals surface area (Å²) in [6.07, 6.45) is 28.2. The molecule has 0 aromatic rings. The molecule has 152 valence electrons. The van der Waals surface area contributed by atoms with Crippen molar-refractivity contribution < 1.29 is 0 Å². The molecule has 6 fully saturated rings. The lowest BCUT2D eigenvalue weighted by molar-refractivity contribution is 0.386. The molecule has 0 aromatic heterocycles. The predicted octanol–water partition coefficient (Wildman–Crippen LogP) is 7.59. The van der Waals surface area contributed by atoms with Gasteiger partial charge in [-0.2, -0.15) is 0 Å². The van der Waals surface area contributed by atoms with Gasteiger partial charge in [0.1, 0.15) is 0 Å². The Morgan fingerprint density at radius 1 is 0.321 bits per heavy atom. The largest absolute Gasteiger partial charge is 0.425 e. The first-order valence-corrected chi connectivity index (χ1v) is 13.7. The van der Waals surface area contributed by atoms with Gasteiger partial charge in [-0.15, -0.1) is 0 Å². The molecular weight excluding hydrogens is 335 g/mol.